The van der Waals surface area contributed by atoms with E-state index in [0.717, 1.165) is 12.8 Å². The van der Waals surface area contributed by atoms with E-state index in [-0.39, 0.29) is 54.7 Å². The monoisotopic (exact) mass is 508 g/mol. The third kappa shape index (κ3) is 6.65. The first-order valence-corrected chi connectivity index (χ1v) is 12.8. The van der Waals surface area contributed by atoms with Gasteiger partial charge in [-0.25, -0.2) is 0 Å². The minimum atomic E-state index is -0.277. The van der Waals surface area contributed by atoms with Crippen LogP contribution in [0.2, 0.25) is 0 Å². The molecular formula is C28H36N4O5. The number of nitrogens with zero attached hydrogens (tertiary/aromatic N) is 3. The lowest BCUT2D eigenvalue weighted by Gasteiger charge is -2.36. The van der Waals surface area contributed by atoms with Gasteiger partial charge in [0.15, 0.2) is 0 Å². The van der Waals surface area contributed by atoms with Crippen molar-refractivity contribution in [2.45, 2.75) is 45.3 Å². The molecule has 198 valence electrons. The Labute approximate surface area is 218 Å². The number of carbonyl (C=O) groups is 3. The highest BCUT2D eigenvalue weighted by molar-refractivity contribution is 5.99. The predicted molar refractivity (Wildman–Crippen MR) is 139 cm³/mol. The molecule has 2 aliphatic rings. The average Bonchev–Trinajstić information content (AvgIpc) is 3.74. The number of aromatic nitrogens is 1. The van der Waals surface area contributed by atoms with Gasteiger partial charge in [0.2, 0.25) is 11.8 Å². The highest BCUT2D eigenvalue weighted by atomic mass is 16.5. The molecule has 0 radical (unpaired) electrons. The first kappa shape index (κ1) is 26.6. The molecule has 1 aliphatic carbocycles. The molecule has 0 bridgehead atoms. The van der Waals surface area contributed by atoms with Crippen molar-refractivity contribution in [1.29, 1.82) is 0 Å². The summed E-state index contributed by atoms with van der Waals surface area (Å²) in [6.07, 6.45) is 3.39. The molecule has 2 aromatic rings. The first-order chi connectivity index (χ1) is 17.8. The standard InChI is InChI=1S/C28H36N4O5/c1-18-15-32(26(33)14-21-7-5-6-12-29-21)19(2)17-37-24-13-22(30-27(34)20-8-9-20)10-11-23(24)28(35)31(3)16-25(18)36-4/h5-7,10-13,18-20,25H,8-9,14-17H2,1-4H3,(H,30,34)/t18-,19-,25+/m0/s1. The molecule has 1 aromatic carbocycles. The lowest BCUT2D eigenvalue weighted by atomic mass is 10.0. The maximum Gasteiger partial charge on any atom is 0.257 e. The zero-order valence-electron chi connectivity index (χ0n) is 22.0. The fourth-order valence-corrected chi connectivity index (χ4v) is 4.55. The number of anilines is 1. The lowest BCUT2D eigenvalue weighted by Crippen LogP contribution is -2.49. The second-order valence-corrected chi connectivity index (χ2v) is 10.1. The van der Waals surface area contributed by atoms with Gasteiger partial charge in [0.1, 0.15) is 12.4 Å². The van der Waals surface area contributed by atoms with Gasteiger partial charge < -0.3 is 24.6 Å². The summed E-state index contributed by atoms with van der Waals surface area (Å²) in [4.78, 5) is 46.8. The maximum atomic E-state index is 13.4. The van der Waals surface area contributed by atoms with E-state index in [9.17, 15) is 14.4 Å². The molecule has 1 saturated carbocycles. The molecule has 1 fully saturated rings. The summed E-state index contributed by atoms with van der Waals surface area (Å²) in [5.74, 6) is 0.130. The van der Waals surface area contributed by atoms with Crippen molar-refractivity contribution in [3.05, 3.63) is 53.9 Å². The molecule has 0 unspecified atom stereocenters. The highest BCUT2D eigenvalue weighted by Gasteiger charge is 2.32. The quantitative estimate of drug-likeness (QED) is 0.666. The molecular weight excluding hydrogens is 472 g/mol. The Bertz CT molecular complexity index is 1120. The molecule has 1 aromatic heterocycles. The van der Waals surface area contributed by atoms with E-state index in [1.165, 1.54) is 0 Å². The Kier molecular flexibility index (Phi) is 8.43. The molecule has 3 amide bonds. The molecule has 9 heteroatoms. The van der Waals surface area contributed by atoms with Crippen LogP contribution in [-0.2, 0) is 20.7 Å². The Morgan fingerprint density at radius 3 is 2.62 bits per heavy atom. The van der Waals surface area contributed by atoms with Crippen molar-refractivity contribution >= 4 is 23.4 Å². The number of rotatable bonds is 5. The minimum Gasteiger partial charge on any atom is -0.491 e. The van der Waals surface area contributed by atoms with Crippen LogP contribution in [-0.4, -0.2) is 78.5 Å². The number of fused-ring (bicyclic) bond motifs is 1. The summed E-state index contributed by atoms with van der Waals surface area (Å²) in [6.45, 7) is 4.94. The van der Waals surface area contributed by atoms with Gasteiger partial charge in [-0.05, 0) is 44.0 Å². The van der Waals surface area contributed by atoms with E-state index in [1.807, 2.05) is 36.9 Å². The zero-order chi connectivity index (χ0) is 26.5. The van der Waals surface area contributed by atoms with Gasteiger partial charge in [-0.1, -0.05) is 13.0 Å². The van der Waals surface area contributed by atoms with Crippen LogP contribution in [0, 0.1) is 11.8 Å². The summed E-state index contributed by atoms with van der Waals surface area (Å²) >= 11 is 0. The predicted octanol–water partition coefficient (Wildman–Crippen LogP) is 3.01. The molecule has 4 rings (SSSR count). The van der Waals surface area contributed by atoms with Crippen LogP contribution in [0.25, 0.3) is 0 Å². The van der Waals surface area contributed by atoms with Gasteiger partial charge in [0.05, 0.1) is 24.1 Å². The lowest BCUT2D eigenvalue weighted by molar-refractivity contribution is -0.134. The van der Waals surface area contributed by atoms with E-state index in [0.29, 0.717) is 35.8 Å². The minimum absolute atomic E-state index is 0.0202. The summed E-state index contributed by atoms with van der Waals surface area (Å²) in [5, 5.41) is 2.92. The van der Waals surface area contributed by atoms with Crippen LogP contribution in [0.5, 0.6) is 5.75 Å². The fraction of sp³-hybridized carbons (Fsp3) is 0.500. The largest absolute Gasteiger partial charge is 0.491 e. The van der Waals surface area contributed by atoms with E-state index in [2.05, 4.69) is 10.3 Å². The van der Waals surface area contributed by atoms with Gasteiger partial charge in [-0.15, -0.1) is 0 Å². The third-order valence-electron chi connectivity index (χ3n) is 7.04. The van der Waals surface area contributed by atoms with Crippen molar-refractivity contribution < 1.29 is 23.9 Å². The van der Waals surface area contributed by atoms with Crippen LogP contribution >= 0.6 is 0 Å². The number of amides is 3. The maximum absolute atomic E-state index is 13.4. The Morgan fingerprint density at radius 1 is 1.16 bits per heavy atom. The van der Waals surface area contributed by atoms with Crippen molar-refractivity contribution in [2.75, 3.05) is 39.2 Å². The summed E-state index contributed by atoms with van der Waals surface area (Å²) in [6, 6.07) is 10.3. The fourth-order valence-electron chi connectivity index (χ4n) is 4.55. The van der Waals surface area contributed by atoms with Crippen LogP contribution < -0.4 is 10.1 Å². The van der Waals surface area contributed by atoms with Gasteiger partial charge in [-0.3, -0.25) is 19.4 Å². The number of likely N-dealkylation sites (N-methyl/N-ethyl adjacent to an activating group) is 1. The van der Waals surface area contributed by atoms with Gasteiger partial charge in [-0.2, -0.15) is 0 Å². The first-order valence-electron chi connectivity index (χ1n) is 12.8. The number of ether oxygens (including phenoxy) is 2. The van der Waals surface area contributed by atoms with Crippen LogP contribution in [0.3, 0.4) is 0 Å². The van der Waals surface area contributed by atoms with Gasteiger partial charge in [0, 0.05) is 62.7 Å². The molecule has 9 nitrogen and oxygen atoms in total. The van der Waals surface area contributed by atoms with Crippen LogP contribution in [0.1, 0.15) is 42.7 Å². The molecule has 2 heterocycles. The van der Waals surface area contributed by atoms with E-state index >= 15 is 0 Å². The topological polar surface area (TPSA) is 101 Å². The zero-order valence-corrected chi connectivity index (χ0v) is 22.0. The molecule has 0 spiro atoms. The SMILES string of the molecule is CO[C@@H]1CN(C)C(=O)c2ccc(NC(=O)C3CC3)cc2OC[C@H](C)N(C(=O)Cc2ccccn2)C[C@@H]1C. The Hall–Kier alpha value is -3.46. The highest BCUT2D eigenvalue weighted by Crippen LogP contribution is 2.32. The van der Waals surface area contributed by atoms with E-state index in [1.54, 1.807) is 43.5 Å². The Morgan fingerprint density at radius 2 is 1.95 bits per heavy atom. The molecule has 0 saturated heterocycles. The van der Waals surface area contributed by atoms with Gasteiger partial charge in [0.25, 0.3) is 5.91 Å². The third-order valence-corrected chi connectivity index (χ3v) is 7.04. The Balaban J connectivity index is 1.62. The number of hydrogen-bond acceptors (Lipinski definition) is 6. The molecule has 1 aliphatic heterocycles. The number of nitrogens with one attached hydrogen (secondary N) is 1. The van der Waals surface area contributed by atoms with Crippen LogP contribution in [0.4, 0.5) is 5.69 Å². The number of hydrogen-bond donors (Lipinski definition) is 1. The number of carbonyl (C=O) groups excluding carboxylic acids is 3. The summed E-state index contributed by atoms with van der Waals surface area (Å²) in [5.41, 5.74) is 1.68. The second-order valence-electron chi connectivity index (χ2n) is 10.1. The summed E-state index contributed by atoms with van der Waals surface area (Å²) < 4.78 is 11.9. The van der Waals surface area contributed by atoms with Crippen molar-refractivity contribution in [2.24, 2.45) is 11.8 Å². The average molecular weight is 509 g/mol. The smallest absolute Gasteiger partial charge is 0.257 e. The number of pyridine rings is 1. The number of benzene rings is 1. The molecule has 1 N–H and O–H groups in total. The van der Waals surface area contributed by atoms with Crippen molar-refractivity contribution in [3.63, 3.8) is 0 Å². The van der Waals surface area contributed by atoms with Crippen molar-refractivity contribution in [1.82, 2.24) is 14.8 Å². The molecule has 37 heavy (non-hydrogen) atoms. The van der Waals surface area contributed by atoms with Crippen molar-refractivity contribution in [3.8, 4) is 5.75 Å². The molecule has 3 atom stereocenters. The van der Waals surface area contributed by atoms with Crippen LogP contribution in [0.15, 0.2) is 42.6 Å². The van der Waals surface area contributed by atoms with E-state index < -0.39 is 0 Å². The van der Waals surface area contributed by atoms with E-state index in [4.69, 9.17) is 9.47 Å². The van der Waals surface area contributed by atoms with Gasteiger partial charge >= 0.3 is 0 Å². The normalized spacial score (nSPS) is 22.8. The summed E-state index contributed by atoms with van der Waals surface area (Å²) in [7, 11) is 3.35. The number of methoxy groups -OCH3 is 1. The second kappa shape index (κ2) is 11.7.